The summed E-state index contributed by atoms with van der Waals surface area (Å²) < 4.78 is 4.79. The number of nitrogens with one attached hydrogen (secondary N) is 2. The lowest BCUT2D eigenvalue weighted by Gasteiger charge is -2.29. The number of carbonyl (C=O) groups is 3. The van der Waals surface area contributed by atoms with E-state index < -0.39 is 23.5 Å². The van der Waals surface area contributed by atoms with Gasteiger partial charge in [0.15, 0.2) is 0 Å². The highest BCUT2D eigenvalue weighted by Crippen LogP contribution is 2.19. The van der Waals surface area contributed by atoms with Gasteiger partial charge in [-0.1, -0.05) is 20.8 Å². The van der Waals surface area contributed by atoms with E-state index in [-0.39, 0.29) is 12.5 Å². The second-order valence-electron chi connectivity index (χ2n) is 5.79. The van der Waals surface area contributed by atoms with Gasteiger partial charge in [-0.25, -0.2) is 9.59 Å². The van der Waals surface area contributed by atoms with Crippen LogP contribution in [0.3, 0.4) is 0 Å². The molecule has 0 saturated carbocycles. The number of rotatable bonds is 7. The second-order valence-corrected chi connectivity index (χ2v) is 5.79. The first kappa shape index (κ1) is 19.2. The molecular formula is C13H25N3O5. The number of ether oxygens (including phenoxy) is 1. The molecule has 0 heterocycles. The number of hydrogen-bond acceptors (Lipinski definition) is 4. The zero-order valence-electron chi connectivity index (χ0n) is 13.2. The Morgan fingerprint density at radius 1 is 1.29 bits per heavy atom. The van der Waals surface area contributed by atoms with E-state index in [0.717, 1.165) is 4.90 Å². The summed E-state index contributed by atoms with van der Waals surface area (Å²) in [5.41, 5.74) is -0.636. The van der Waals surface area contributed by atoms with Gasteiger partial charge in [0.1, 0.15) is 12.6 Å². The third-order valence-corrected chi connectivity index (χ3v) is 2.74. The van der Waals surface area contributed by atoms with Crippen LogP contribution in [0, 0.1) is 5.41 Å². The molecule has 0 spiro atoms. The molecule has 0 bridgehead atoms. The van der Waals surface area contributed by atoms with Crippen LogP contribution in [0.4, 0.5) is 4.79 Å². The largest absolute Gasteiger partial charge is 0.480 e. The Labute approximate surface area is 124 Å². The zero-order chi connectivity index (χ0) is 16.6. The molecule has 0 aliphatic rings. The van der Waals surface area contributed by atoms with E-state index in [9.17, 15) is 14.4 Å². The van der Waals surface area contributed by atoms with Crippen LogP contribution < -0.4 is 10.6 Å². The van der Waals surface area contributed by atoms with Crippen molar-refractivity contribution in [2.24, 2.45) is 5.41 Å². The van der Waals surface area contributed by atoms with Crippen LogP contribution >= 0.6 is 0 Å². The number of likely N-dealkylation sites (N-methyl/N-ethyl adjacent to an activating group) is 1. The average Bonchev–Trinajstić information content (AvgIpc) is 2.33. The zero-order valence-corrected chi connectivity index (χ0v) is 13.2. The first-order chi connectivity index (χ1) is 9.59. The molecule has 0 fully saturated rings. The lowest BCUT2D eigenvalue weighted by molar-refractivity contribution is -0.142. The molecule has 8 heteroatoms. The van der Waals surface area contributed by atoms with E-state index in [2.05, 4.69) is 10.6 Å². The summed E-state index contributed by atoms with van der Waals surface area (Å²) in [7, 11) is 2.94. The van der Waals surface area contributed by atoms with Gasteiger partial charge in [-0.15, -0.1) is 0 Å². The maximum absolute atomic E-state index is 11.9. The number of carbonyl (C=O) groups excluding carboxylic acids is 2. The molecule has 0 aromatic heterocycles. The molecule has 0 saturated heterocycles. The van der Waals surface area contributed by atoms with Crippen LogP contribution in [0.2, 0.25) is 0 Å². The molecular weight excluding hydrogens is 278 g/mol. The molecule has 0 aliphatic carbocycles. The van der Waals surface area contributed by atoms with Gasteiger partial charge in [0.25, 0.3) is 0 Å². The molecule has 21 heavy (non-hydrogen) atoms. The minimum absolute atomic E-state index is 0.161. The van der Waals surface area contributed by atoms with Crippen LogP contribution in [-0.4, -0.2) is 67.8 Å². The number of aliphatic carboxylic acids is 1. The standard InChI is InChI=1S/C13H25N3O5/c1-13(2,3)10(11(18)19)15-12(20)16(4)8-9(17)14-6-7-21-5/h10H,6-8H2,1-5H3,(H,14,17)(H,15,20)(H,18,19)/t10-/m0/s1. The third-order valence-electron chi connectivity index (χ3n) is 2.74. The Balaban J connectivity index is 4.44. The predicted molar refractivity (Wildman–Crippen MR) is 76.9 cm³/mol. The summed E-state index contributed by atoms with van der Waals surface area (Å²) in [6, 6.07) is -1.65. The van der Waals surface area contributed by atoms with Crippen molar-refractivity contribution >= 4 is 17.9 Å². The monoisotopic (exact) mass is 303 g/mol. The van der Waals surface area contributed by atoms with Crippen molar-refractivity contribution in [1.82, 2.24) is 15.5 Å². The molecule has 0 aromatic rings. The highest BCUT2D eigenvalue weighted by molar-refractivity contribution is 5.86. The average molecular weight is 303 g/mol. The highest BCUT2D eigenvalue weighted by atomic mass is 16.5. The SMILES string of the molecule is COCCNC(=O)CN(C)C(=O)N[C@@H](C(=O)O)C(C)(C)C. The number of hydrogen-bond donors (Lipinski definition) is 3. The van der Waals surface area contributed by atoms with Crippen LogP contribution in [0.1, 0.15) is 20.8 Å². The van der Waals surface area contributed by atoms with Crippen molar-refractivity contribution in [2.75, 3.05) is 33.9 Å². The molecule has 0 rings (SSSR count). The molecule has 3 amide bonds. The number of carboxylic acid groups (broad SMARTS) is 1. The van der Waals surface area contributed by atoms with Gasteiger partial charge in [-0.3, -0.25) is 4.79 Å². The van der Waals surface area contributed by atoms with Crippen molar-refractivity contribution in [3.8, 4) is 0 Å². The second kappa shape index (κ2) is 8.46. The first-order valence-electron chi connectivity index (χ1n) is 6.59. The highest BCUT2D eigenvalue weighted by Gasteiger charge is 2.33. The fourth-order valence-corrected chi connectivity index (χ4v) is 1.52. The van der Waals surface area contributed by atoms with Gasteiger partial charge in [0.05, 0.1) is 6.61 Å². The fourth-order valence-electron chi connectivity index (χ4n) is 1.52. The fraction of sp³-hybridized carbons (Fsp3) is 0.769. The van der Waals surface area contributed by atoms with E-state index in [1.807, 2.05) is 0 Å². The van der Waals surface area contributed by atoms with Gasteiger partial charge < -0.3 is 25.4 Å². The van der Waals surface area contributed by atoms with Gasteiger partial charge in [0.2, 0.25) is 5.91 Å². The topological polar surface area (TPSA) is 108 Å². The van der Waals surface area contributed by atoms with Gasteiger partial charge in [-0.2, -0.15) is 0 Å². The molecule has 0 unspecified atom stereocenters. The van der Waals surface area contributed by atoms with Crippen LogP contribution in [-0.2, 0) is 14.3 Å². The smallest absolute Gasteiger partial charge is 0.326 e. The number of amides is 3. The Kier molecular flexibility index (Phi) is 7.72. The van der Waals surface area contributed by atoms with Crippen LogP contribution in [0.15, 0.2) is 0 Å². The van der Waals surface area contributed by atoms with E-state index >= 15 is 0 Å². The van der Waals surface area contributed by atoms with E-state index in [1.54, 1.807) is 20.8 Å². The quantitative estimate of drug-likeness (QED) is 0.569. The minimum atomic E-state index is -1.12. The molecule has 8 nitrogen and oxygen atoms in total. The van der Waals surface area contributed by atoms with E-state index in [1.165, 1.54) is 14.2 Å². The number of carboxylic acids is 1. The predicted octanol–water partition coefficient (Wildman–Crippen LogP) is -0.110. The number of urea groups is 1. The Hall–Kier alpha value is -1.83. The Bertz CT molecular complexity index is 378. The normalized spacial score (nSPS) is 12.4. The maximum Gasteiger partial charge on any atom is 0.326 e. The Morgan fingerprint density at radius 3 is 2.29 bits per heavy atom. The molecule has 122 valence electrons. The molecule has 0 radical (unpaired) electrons. The van der Waals surface area contributed by atoms with Crippen LogP contribution in [0.5, 0.6) is 0 Å². The van der Waals surface area contributed by atoms with Gasteiger partial charge in [-0.05, 0) is 5.41 Å². The third kappa shape index (κ3) is 7.50. The summed E-state index contributed by atoms with van der Waals surface area (Å²) >= 11 is 0. The molecule has 0 aliphatic heterocycles. The molecule has 1 atom stereocenters. The minimum Gasteiger partial charge on any atom is -0.480 e. The first-order valence-corrected chi connectivity index (χ1v) is 6.59. The summed E-state index contributed by atoms with van der Waals surface area (Å²) in [6.45, 7) is 5.71. The summed E-state index contributed by atoms with van der Waals surface area (Å²) in [4.78, 5) is 35.8. The van der Waals surface area contributed by atoms with Crippen molar-refractivity contribution < 1.29 is 24.2 Å². The lowest BCUT2D eigenvalue weighted by atomic mass is 9.87. The van der Waals surface area contributed by atoms with Gasteiger partial charge >= 0.3 is 12.0 Å². The molecule has 0 aromatic carbocycles. The maximum atomic E-state index is 11.9. The van der Waals surface area contributed by atoms with Crippen LogP contribution in [0.25, 0.3) is 0 Å². The van der Waals surface area contributed by atoms with Gasteiger partial charge in [0, 0.05) is 20.7 Å². The van der Waals surface area contributed by atoms with Crippen molar-refractivity contribution in [3.05, 3.63) is 0 Å². The summed E-state index contributed by atoms with van der Waals surface area (Å²) in [6.07, 6.45) is 0. The molecule has 3 N–H and O–H groups in total. The number of methoxy groups -OCH3 is 1. The van der Waals surface area contributed by atoms with E-state index in [0.29, 0.717) is 13.2 Å². The van der Waals surface area contributed by atoms with E-state index in [4.69, 9.17) is 9.84 Å². The van der Waals surface area contributed by atoms with Crippen molar-refractivity contribution in [1.29, 1.82) is 0 Å². The van der Waals surface area contributed by atoms with Crippen molar-refractivity contribution in [3.63, 3.8) is 0 Å². The van der Waals surface area contributed by atoms with Crippen molar-refractivity contribution in [2.45, 2.75) is 26.8 Å². The lowest BCUT2D eigenvalue weighted by Crippen LogP contribution is -2.53. The number of nitrogens with zero attached hydrogens (tertiary/aromatic N) is 1. The summed E-state index contributed by atoms with van der Waals surface area (Å²) in [5, 5.41) is 14.1. The summed E-state index contributed by atoms with van der Waals surface area (Å²) in [5.74, 6) is -1.46. The Morgan fingerprint density at radius 2 is 1.86 bits per heavy atom.